The molecule has 0 aliphatic heterocycles. The second kappa shape index (κ2) is 7.80. The summed E-state index contributed by atoms with van der Waals surface area (Å²) < 4.78 is 52.3. The highest BCUT2D eigenvalue weighted by Gasteiger charge is 2.33. The highest BCUT2D eigenvalue weighted by Crippen LogP contribution is 2.49. The van der Waals surface area contributed by atoms with E-state index >= 15 is 0 Å². The Labute approximate surface area is 197 Å². The average molecular weight is 493 g/mol. The third-order valence-electron chi connectivity index (χ3n) is 5.63. The van der Waals surface area contributed by atoms with Gasteiger partial charge in [0.1, 0.15) is 9.79 Å². The Bertz CT molecular complexity index is 1620. The fraction of sp³-hybridized carbons (Fsp3) is 0.0769. The smallest absolute Gasteiger partial charge is 0.178 e. The summed E-state index contributed by atoms with van der Waals surface area (Å²) >= 11 is 1.22. The van der Waals surface area contributed by atoms with E-state index < -0.39 is 19.7 Å². The zero-order valence-electron chi connectivity index (χ0n) is 17.9. The molecule has 4 nitrogen and oxygen atoms in total. The molecule has 0 aliphatic rings. The van der Waals surface area contributed by atoms with Gasteiger partial charge in [0.25, 0.3) is 0 Å². The molecule has 1 aromatic heterocycles. The van der Waals surface area contributed by atoms with Crippen molar-refractivity contribution in [2.75, 3.05) is 12.5 Å². The summed E-state index contributed by atoms with van der Waals surface area (Å²) in [5.74, 6) is 0. The first-order valence-electron chi connectivity index (χ1n) is 10.2. The van der Waals surface area contributed by atoms with Crippen LogP contribution >= 0.6 is 11.3 Å². The molecule has 166 valence electrons. The zero-order valence-corrected chi connectivity index (χ0v) is 20.4. The van der Waals surface area contributed by atoms with Crippen LogP contribution in [0.15, 0.2) is 94.7 Å². The number of fused-ring (bicyclic) bond motifs is 2. The van der Waals surface area contributed by atoms with Gasteiger partial charge < -0.3 is 0 Å². The van der Waals surface area contributed by atoms with Crippen LogP contribution in [0.5, 0.6) is 0 Å². The molecule has 33 heavy (non-hydrogen) atoms. The molecule has 0 saturated carbocycles. The molecule has 0 atom stereocenters. The van der Waals surface area contributed by atoms with Gasteiger partial charge in [0, 0.05) is 23.6 Å². The van der Waals surface area contributed by atoms with Crippen molar-refractivity contribution in [3.8, 4) is 20.9 Å². The number of benzene rings is 4. The first kappa shape index (κ1) is 21.8. The van der Waals surface area contributed by atoms with Crippen molar-refractivity contribution in [2.24, 2.45) is 0 Å². The Morgan fingerprint density at radius 2 is 0.879 bits per heavy atom. The number of rotatable bonds is 4. The Morgan fingerprint density at radius 1 is 0.515 bits per heavy atom. The van der Waals surface area contributed by atoms with Crippen LogP contribution in [0.4, 0.5) is 0 Å². The molecule has 5 rings (SSSR count). The van der Waals surface area contributed by atoms with Gasteiger partial charge in [0.15, 0.2) is 19.7 Å². The van der Waals surface area contributed by atoms with Gasteiger partial charge in [-0.15, -0.1) is 11.3 Å². The van der Waals surface area contributed by atoms with E-state index in [-0.39, 0.29) is 9.79 Å². The van der Waals surface area contributed by atoms with E-state index in [9.17, 15) is 16.8 Å². The summed E-state index contributed by atoms with van der Waals surface area (Å²) in [5, 5.41) is 3.65. The standard InChI is InChI=1S/C26H20O4S3/c1-32(27,28)25-23(21-15-7-11-17-9-3-5-13-19(17)21)31-24(26(25)33(2,29)30)22-16-8-12-18-10-4-6-14-20(18)22/h3-16H,1-2H3. The van der Waals surface area contributed by atoms with Crippen molar-refractivity contribution in [3.05, 3.63) is 84.9 Å². The minimum absolute atomic E-state index is 0.130. The summed E-state index contributed by atoms with van der Waals surface area (Å²) in [6, 6.07) is 26.7. The van der Waals surface area contributed by atoms with Gasteiger partial charge in [-0.05, 0) is 21.5 Å². The lowest BCUT2D eigenvalue weighted by molar-refractivity contribution is 0.590. The zero-order chi connectivity index (χ0) is 23.4. The van der Waals surface area contributed by atoms with Gasteiger partial charge in [-0.2, -0.15) is 0 Å². The predicted molar refractivity (Wildman–Crippen MR) is 136 cm³/mol. The van der Waals surface area contributed by atoms with E-state index in [2.05, 4.69) is 0 Å². The van der Waals surface area contributed by atoms with Gasteiger partial charge in [0.05, 0.1) is 9.75 Å². The van der Waals surface area contributed by atoms with Crippen molar-refractivity contribution in [1.29, 1.82) is 0 Å². The monoisotopic (exact) mass is 492 g/mol. The third-order valence-corrected chi connectivity index (χ3v) is 9.58. The van der Waals surface area contributed by atoms with Crippen LogP contribution in [0.3, 0.4) is 0 Å². The fourth-order valence-corrected chi connectivity index (χ4v) is 9.41. The second-order valence-corrected chi connectivity index (χ2v) is 12.9. The van der Waals surface area contributed by atoms with Crippen molar-refractivity contribution < 1.29 is 16.8 Å². The first-order chi connectivity index (χ1) is 15.7. The van der Waals surface area contributed by atoms with Gasteiger partial charge in [0.2, 0.25) is 0 Å². The van der Waals surface area contributed by atoms with Gasteiger partial charge in [-0.25, -0.2) is 16.8 Å². The van der Waals surface area contributed by atoms with E-state index in [0.29, 0.717) is 20.9 Å². The summed E-state index contributed by atoms with van der Waals surface area (Å²) in [4.78, 5) is 0.624. The Morgan fingerprint density at radius 3 is 1.27 bits per heavy atom. The molecule has 0 aliphatic carbocycles. The van der Waals surface area contributed by atoms with Crippen molar-refractivity contribution in [3.63, 3.8) is 0 Å². The maximum absolute atomic E-state index is 13.1. The molecule has 0 saturated heterocycles. The first-order valence-corrected chi connectivity index (χ1v) is 14.8. The summed E-state index contributed by atoms with van der Waals surface area (Å²) in [6.07, 6.45) is 2.15. The summed E-state index contributed by atoms with van der Waals surface area (Å²) in [5.41, 5.74) is 1.41. The predicted octanol–water partition coefficient (Wildman–Crippen LogP) is 6.20. The Kier molecular flexibility index (Phi) is 5.16. The fourth-order valence-electron chi connectivity index (χ4n) is 4.28. The van der Waals surface area contributed by atoms with Crippen LogP contribution in [-0.4, -0.2) is 29.3 Å². The molecule has 0 radical (unpaired) electrons. The molecule has 0 spiro atoms. The van der Waals surface area contributed by atoms with Crippen molar-refractivity contribution in [1.82, 2.24) is 0 Å². The highest BCUT2D eigenvalue weighted by atomic mass is 32.2. The maximum atomic E-state index is 13.1. The van der Waals surface area contributed by atoms with Gasteiger partial charge in [-0.1, -0.05) is 84.9 Å². The highest BCUT2D eigenvalue weighted by molar-refractivity contribution is 7.94. The van der Waals surface area contributed by atoms with E-state index in [1.807, 2.05) is 84.9 Å². The molecule has 0 bridgehead atoms. The second-order valence-electron chi connectivity index (χ2n) is 8.02. The van der Waals surface area contributed by atoms with Crippen LogP contribution in [0.25, 0.3) is 42.4 Å². The topological polar surface area (TPSA) is 68.3 Å². The van der Waals surface area contributed by atoms with Gasteiger partial charge in [-0.3, -0.25) is 0 Å². The molecule has 0 unspecified atom stereocenters. The van der Waals surface area contributed by atoms with E-state index in [0.717, 1.165) is 34.1 Å². The van der Waals surface area contributed by atoms with E-state index in [1.54, 1.807) is 0 Å². The minimum atomic E-state index is -3.87. The summed E-state index contributed by atoms with van der Waals surface area (Å²) in [7, 11) is -7.75. The molecule has 7 heteroatoms. The Balaban J connectivity index is 1.98. The Hall–Kier alpha value is -3.00. The van der Waals surface area contributed by atoms with E-state index in [4.69, 9.17) is 0 Å². The number of sulfone groups is 2. The van der Waals surface area contributed by atoms with Crippen LogP contribution in [0, 0.1) is 0 Å². The molecule has 0 amide bonds. The van der Waals surface area contributed by atoms with Crippen molar-refractivity contribution >= 4 is 52.6 Å². The maximum Gasteiger partial charge on any atom is 0.178 e. The quantitative estimate of drug-likeness (QED) is 0.300. The molecule has 1 heterocycles. The molecule has 0 N–H and O–H groups in total. The minimum Gasteiger partial charge on any atom is -0.224 e. The lowest BCUT2D eigenvalue weighted by Gasteiger charge is -2.09. The lowest BCUT2D eigenvalue weighted by atomic mass is 10.0. The normalized spacial score (nSPS) is 12.4. The van der Waals surface area contributed by atoms with Crippen LogP contribution in [-0.2, 0) is 19.7 Å². The van der Waals surface area contributed by atoms with E-state index in [1.165, 1.54) is 11.3 Å². The third kappa shape index (κ3) is 3.76. The molecule has 4 aromatic carbocycles. The molecule has 5 aromatic rings. The van der Waals surface area contributed by atoms with Crippen LogP contribution < -0.4 is 0 Å². The SMILES string of the molecule is CS(=O)(=O)c1c(-c2cccc3ccccc23)sc(-c2cccc3ccccc23)c1S(C)(=O)=O. The average Bonchev–Trinajstić information content (AvgIpc) is 3.20. The molecule has 0 fully saturated rings. The molecular formula is C26H20O4S3. The largest absolute Gasteiger partial charge is 0.224 e. The van der Waals surface area contributed by atoms with Crippen LogP contribution in [0.2, 0.25) is 0 Å². The van der Waals surface area contributed by atoms with Crippen LogP contribution in [0.1, 0.15) is 0 Å². The number of thiophene rings is 1. The van der Waals surface area contributed by atoms with Gasteiger partial charge >= 0.3 is 0 Å². The lowest BCUT2D eigenvalue weighted by Crippen LogP contribution is -2.07. The van der Waals surface area contributed by atoms with Crippen molar-refractivity contribution in [2.45, 2.75) is 9.79 Å². The number of hydrogen-bond acceptors (Lipinski definition) is 5. The summed E-state index contributed by atoms with van der Waals surface area (Å²) in [6.45, 7) is 0. The molecular weight excluding hydrogens is 472 g/mol. The number of hydrogen-bond donors (Lipinski definition) is 0.